The topological polar surface area (TPSA) is 75.7 Å². The van der Waals surface area contributed by atoms with E-state index in [0.717, 1.165) is 18.6 Å². The summed E-state index contributed by atoms with van der Waals surface area (Å²) in [6, 6.07) is 3.53. The zero-order valence-corrected chi connectivity index (χ0v) is 15.6. The van der Waals surface area contributed by atoms with Crippen LogP contribution in [0.1, 0.15) is 33.1 Å². The molecule has 0 radical (unpaired) electrons. The van der Waals surface area contributed by atoms with Crippen LogP contribution in [0.4, 0.5) is 4.39 Å². The van der Waals surface area contributed by atoms with Crippen LogP contribution in [0.5, 0.6) is 5.75 Å². The summed E-state index contributed by atoms with van der Waals surface area (Å²) in [6.45, 7) is 4.38. The molecule has 1 aromatic rings. The third-order valence-electron chi connectivity index (χ3n) is 4.57. The third-order valence-corrected chi connectivity index (χ3v) is 6.49. The molecular formula is C17H25FN2O4S. The average molecular weight is 372 g/mol. The monoisotopic (exact) mass is 372 g/mol. The summed E-state index contributed by atoms with van der Waals surface area (Å²) in [5.74, 6) is -0.759. The first-order valence-corrected chi connectivity index (χ1v) is 9.87. The summed E-state index contributed by atoms with van der Waals surface area (Å²) in [6.07, 6.45) is 1.73. The van der Waals surface area contributed by atoms with Gasteiger partial charge in [0.15, 0.2) is 0 Å². The van der Waals surface area contributed by atoms with Crippen LogP contribution in [-0.2, 0) is 14.8 Å². The van der Waals surface area contributed by atoms with Gasteiger partial charge in [0.05, 0.1) is 7.11 Å². The summed E-state index contributed by atoms with van der Waals surface area (Å²) >= 11 is 0. The Morgan fingerprint density at radius 1 is 1.40 bits per heavy atom. The number of carbonyl (C=O) groups excluding carboxylic acids is 1. The molecule has 1 amide bonds. The number of rotatable bonds is 6. The number of hydrogen-bond acceptors (Lipinski definition) is 4. The lowest BCUT2D eigenvalue weighted by molar-refractivity contribution is -0.126. The number of hydrogen-bond donors (Lipinski definition) is 1. The lowest BCUT2D eigenvalue weighted by Gasteiger charge is -2.31. The molecule has 0 saturated carbocycles. The molecule has 1 aliphatic heterocycles. The maximum absolute atomic E-state index is 13.5. The Labute approximate surface area is 148 Å². The molecule has 1 aliphatic rings. The van der Waals surface area contributed by atoms with Crippen LogP contribution >= 0.6 is 0 Å². The van der Waals surface area contributed by atoms with E-state index in [2.05, 4.69) is 5.32 Å². The van der Waals surface area contributed by atoms with Crippen molar-refractivity contribution in [2.45, 2.75) is 44.0 Å². The zero-order chi connectivity index (χ0) is 18.6. The SMILES string of the molecule is CC[C@H](C)NC(=O)C1CCN(S(=O)(=O)c2cc(F)ccc2OC)CC1. The quantitative estimate of drug-likeness (QED) is 0.830. The van der Waals surface area contributed by atoms with Crippen LogP contribution in [0.25, 0.3) is 0 Å². The number of sulfonamides is 1. The number of carbonyl (C=O) groups is 1. The molecule has 1 aromatic carbocycles. The molecule has 25 heavy (non-hydrogen) atoms. The van der Waals surface area contributed by atoms with Gasteiger partial charge in [0.25, 0.3) is 0 Å². The number of benzene rings is 1. The Balaban J connectivity index is 2.09. The molecular weight excluding hydrogens is 347 g/mol. The van der Waals surface area contributed by atoms with Crippen LogP contribution in [0.15, 0.2) is 23.1 Å². The summed E-state index contributed by atoms with van der Waals surface area (Å²) in [4.78, 5) is 12.0. The largest absolute Gasteiger partial charge is 0.495 e. The van der Waals surface area contributed by atoms with Crippen LogP contribution in [-0.4, -0.2) is 44.9 Å². The predicted octanol–water partition coefficient (Wildman–Crippen LogP) is 2.15. The number of piperidine rings is 1. The van der Waals surface area contributed by atoms with Crippen LogP contribution in [0.3, 0.4) is 0 Å². The van der Waals surface area contributed by atoms with E-state index in [4.69, 9.17) is 4.74 Å². The molecule has 0 aliphatic carbocycles. The van der Waals surface area contributed by atoms with Crippen molar-refractivity contribution in [3.63, 3.8) is 0 Å². The summed E-state index contributed by atoms with van der Waals surface area (Å²) in [5.41, 5.74) is 0. The van der Waals surface area contributed by atoms with Crippen molar-refractivity contribution < 1.29 is 22.3 Å². The number of halogens is 1. The van der Waals surface area contributed by atoms with E-state index in [9.17, 15) is 17.6 Å². The second-order valence-corrected chi connectivity index (χ2v) is 8.20. The number of nitrogens with zero attached hydrogens (tertiary/aromatic N) is 1. The van der Waals surface area contributed by atoms with Crippen molar-refractivity contribution in [3.8, 4) is 5.75 Å². The highest BCUT2D eigenvalue weighted by molar-refractivity contribution is 7.89. The molecule has 1 N–H and O–H groups in total. The first kappa shape index (κ1) is 19.7. The van der Waals surface area contributed by atoms with Gasteiger partial charge in [-0.2, -0.15) is 4.31 Å². The van der Waals surface area contributed by atoms with Crippen molar-refractivity contribution in [2.24, 2.45) is 5.92 Å². The lowest BCUT2D eigenvalue weighted by Crippen LogP contribution is -2.44. The molecule has 2 rings (SSSR count). The Bertz CT molecular complexity index is 715. The normalized spacial score (nSPS) is 17.9. The smallest absolute Gasteiger partial charge is 0.246 e. The van der Waals surface area contributed by atoms with E-state index in [0.29, 0.717) is 12.8 Å². The van der Waals surface area contributed by atoms with Gasteiger partial charge in [-0.15, -0.1) is 0 Å². The second kappa shape index (κ2) is 8.14. The van der Waals surface area contributed by atoms with E-state index in [1.807, 2.05) is 13.8 Å². The number of amides is 1. The first-order valence-electron chi connectivity index (χ1n) is 8.43. The summed E-state index contributed by atoms with van der Waals surface area (Å²) in [5, 5.41) is 2.93. The zero-order valence-electron chi connectivity index (χ0n) is 14.8. The van der Waals surface area contributed by atoms with Crippen molar-refractivity contribution >= 4 is 15.9 Å². The van der Waals surface area contributed by atoms with E-state index >= 15 is 0 Å². The van der Waals surface area contributed by atoms with E-state index in [1.165, 1.54) is 17.5 Å². The highest BCUT2D eigenvalue weighted by Gasteiger charge is 2.34. The minimum Gasteiger partial charge on any atom is -0.495 e. The molecule has 0 spiro atoms. The van der Waals surface area contributed by atoms with Crippen molar-refractivity contribution in [3.05, 3.63) is 24.0 Å². The van der Waals surface area contributed by atoms with Gasteiger partial charge in [0.2, 0.25) is 15.9 Å². The van der Waals surface area contributed by atoms with Gasteiger partial charge >= 0.3 is 0 Å². The predicted molar refractivity (Wildman–Crippen MR) is 92.3 cm³/mol. The Kier molecular flexibility index (Phi) is 6.40. The number of ether oxygens (including phenoxy) is 1. The van der Waals surface area contributed by atoms with Crippen LogP contribution < -0.4 is 10.1 Å². The molecule has 1 atom stereocenters. The highest BCUT2D eigenvalue weighted by atomic mass is 32.2. The maximum atomic E-state index is 13.5. The molecule has 1 saturated heterocycles. The van der Waals surface area contributed by atoms with Gasteiger partial charge in [-0.05, 0) is 44.4 Å². The molecule has 8 heteroatoms. The fourth-order valence-corrected chi connectivity index (χ4v) is 4.45. The Hall–Kier alpha value is -1.67. The molecule has 0 unspecified atom stereocenters. The summed E-state index contributed by atoms with van der Waals surface area (Å²) in [7, 11) is -2.52. The van der Waals surface area contributed by atoms with Crippen molar-refractivity contribution in [1.29, 1.82) is 0 Å². The van der Waals surface area contributed by atoms with E-state index < -0.39 is 15.8 Å². The fourth-order valence-electron chi connectivity index (χ4n) is 2.81. The Morgan fingerprint density at radius 3 is 2.60 bits per heavy atom. The van der Waals surface area contributed by atoms with Crippen molar-refractivity contribution in [2.75, 3.05) is 20.2 Å². The molecule has 1 fully saturated rings. The van der Waals surface area contributed by atoms with Gasteiger partial charge in [-0.25, -0.2) is 12.8 Å². The highest BCUT2D eigenvalue weighted by Crippen LogP contribution is 2.30. The second-order valence-electron chi connectivity index (χ2n) is 6.29. The van der Waals surface area contributed by atoms with E-state index in [1.54, 1.807) is 0 Å². The van der Waals surface area contributed by atoms with Gasteiger partial charge < -0.3 is 10.1 Å². The standard InChI is InChI=1S/C17H25FN2O4S/c1-4-12(2)19-17(21)13-7-9-20(10-8-13)25(22,23)16-11-14(18)5-6-15(16)24-3/h5-6,11-13H,4,7-10H2,1-3H3,(H,19,21)/t12-/m0/s1. The minimum atomic E-state index is -3.87. The minimum absolute atomic E-state index is 0.0327. The van der Waals surface area contributed by atoms with Crippen LogP contribution in [0.2, 0.25) is 0 Å². The van der Waals surface area contributed by atoms with Crippen molar-refractivity contribution in [1.82, 2.24) is 9.62 Å². The molecule has 140 valence electrons. The molecule has 6 nitrogen and oxygen atoms in total. The van der Waals surface area contributed by atoms with Crippen LogP contribution in [0, 0.1) is 11.7 Å². The fraction of sp³-hybridized carbons (Fsp3) is 0.588. The lowest BCUT2D eigenvalue weighted by atomic mass is 9.97. The van der Waals surface area contributed by atoms with E-state index in [-0.39, 0.29) is 41.6 Å². The first-order chi connectivity index (χ1) is 11.8. The number of nitrogens with one attached hydrogen (secondary N) is 1. The molecule has 0 aromatic heterocycles. The third kappa shape index (κ3) is 4.49. The van der Waals surface area contributed by atoms with Gasteiger partial charge in [-0.1, -0.05) is 6.92 Å². The van der Waals surface area contributed by atoms with Gasteiger partial charge in [-0.3, -0.25) is 4.79 Å². The molecule has 1 heterocycles. The van der Waals surface area contributed by atoms with Gasteiger partial charge in [0.1, 0.15) is 16.5 Å². The maximum Gasteiger partial charge on any atom is 0.246 e. The average Bonchev–Trinajstić information content (AvgIpc) is 2.61. The van der Waals surface area contributed by atoms with Gasteiger partial charge in [0, 0.05) is 25.0 Å². The summed E-state index contributed by atoms with van der Waals surface area (Å²) < 4.78 is 45.5. The molecule has 0 bridgehead atoms. The Morgan fingerprint density at radius 2 is 2.04 bits per heavy atom. The number of methoxy groups -OCH3 is 1.